The molecule has 1 aromatic carbocycles. The molecule has 1 atom stereocenters. The summed E-state index contributed by atoms with van der Waals surface area (Å²) in [6.45, 7) is 4.03. The largest absolute Gasteiger partial charge is 0.394 e. The number of hydrogen-bond acceptors (Lipinski definition) is 5. The van der Waals surface area contributed by atoms with E-state index >= 15 is 0 Å². The predicted octanol–water partition coefficient (Wildman–Crippen LogP) is 3.85. The molecule has 0 saturated carbocycles. The third-order valence-corrected chi connectivity index (χ3v) is 4.69. The van der Waals surface area contributed by atoms with Crippen molar-refractivity contribution in [3.05, 3.63) is 42.2 Å². The first-order valence-corrected chi connectivity index (χ1v) is 8.24. The van der Waals surface area contributed by atoms with Gasteiger partial charge in [0.15, 0.2) is 0 Å². The molecule has 0 saturated heterocycles. The van der Waals surface area contributed by atoms with Gasteiger partial charge in [0.05, 0.1) is 18.0 Å². The average Bonchev–Trinajstić information content (AvgIpc) is 2.97. The normalized spacial score (nSPS) is 12.5. The summed E-state index contributed by atoms with van der Waals surface area (Å²) in [6, 6.07) is 12.4. The maximum absolute atomic E-state index is 9.41. The van der Waals surface area contributed by atoms with Crippen LogP contribution in [-0.2, 0) is 0 Å². The lowest BCUT2D eigenvalue weighted by Crippen LogP contribution is -2.23. The minimum atomic E-state index is 0.0116. The van der Waals surface area contributed by atoms with Gasteiger partial charge in [-0.2, -0.15) is 0 Å². The molecule has 5 heteroatoms. The van der Waals surface area contributed by atoms with Crippen molar-refractivity contribution in [1.82, 2.24) is 9.97 Å². The molecule has 0 radical (unpaired) electrons. The van der Waals surface area contributed by atoms with Crippen LogP contribution in [0.3, 0.4) is 0 Å². The summed E-state index contributed by atoms with van der Waals surface area (Å²) in [5.41, 5.74) is 1.18. The number of rotatable bonds is 5. The Morgan fingerprint density at radius 1 is 1.23 bits per heavy atom. The Morgan fingerprint density at radius 2 is 2.00 bits per heavy atom. The summed E-state index contributed by atoms with van der Waals surface area (Å²) < 4.78 is 0. The van der Waals surface area contributed by atoms with Crippen LogP contribution in [0.1, 0.15) is 19.2 Å². The monoisotopic (exact) mass is 313 g/mol. The topological polar surface area (TPSA) is 58.0 Å². The fourth-order valence-corrected chi connectivity index (χ4v) is 3.44. The van der Waals surface area contributed by atoms with Crippen LogP contribution in [0.15, 0.2) is 36.4 Å². The first kappa shape index (κ1) is 14.9. The van der Waals surface area contributed by atoms with E-state index in [0.29, 0.717) is 0 Å². The van der Waals surface area contributed by atoms with Gasteiger partial charge in [-0.15, -0.1) is 11.3 Å². The highest BCUT2D eigenvalue weighted by Gasteiger charge is 2.14. The van der Waals surface area contributed by atoms with Crippen LogP contribution in [0.25, 0.3) is 20.7 Å². The lowest BCUT2D eigenvalue weighted by atomic mass is 10.2. The van der Waals surface area contributed by atoms with Crippen molar-refractivity contribution >= 4 is 27.4 Å². The van der Waals surface area contributed by atoms with Crippen molar-refractivity contribution in [2.45, 2.75) is 26.3 Å². The second-order valence-corrected chi connectivity index (χ2v) is 6.28. The molecular weight excluding hydrogens is 294 g/mol. The number of benzene rings is 1. The van der Waals surface area contributed by atoms with Crippen molar-refractivity contribution in [3.63, 3.8) is 0 Å². The first-order chi connectivity index (χ1) is 10.7. The lowest BCUT2D eigenvalue weighted by Gasteiger charge is -2.15. The van der Waals surface area contributed by atoms with Crippen molar-refractivity contribution in [2.75, 3.05) is 11.9 Å². The minimum absolute atomic E-state index is 0.0116. The molecule has 0 fully saturated rings. The summed E-state index contributed by atoms with van der Waals surface area (Å²) >= 11 is 1.67. The molecule has 3 rings (SSSR count). The van der Waals surface area contributed by atoms with Crippen LogP contribution in [0.5, 0.6) is 0 Å². The van der Waals surface area contributed by atoms with Crippen LogP contribution in [0.4, 0.5) is 5.82 Å². The van der Waals surface area contributed by atoms with Gasteiger partial charge >= 0.3 is 0 Å². The van der Waals surface area contributed by atoms with Crippen LogP contribution >= 0.6 is 11.3 Å². The molecule has 2 heterocycles. The van der Waals surface area contributed by atoms with Crippen molar-refractivity contribution < 1.29 is 5.11 Å². The lowest BCUT2D eigenvalue weighted by molar-refractivity contribution is 0.271. The number of nitrogens with one attached hydrogen (secondary N) is 1. The van der Waals surface area contributed by atoms with Gasteiger partial charge in [-0.1, -0.05) is 37.3 Å². The second-order valence-electron chi connectivity index (χ2n) is 5.25. The quantitative estimate of drug-likeness (QED) is 0.751. The van der Waals surface area contributed by atoms with E-state index in [-0.39, 0.29) is 12.6 Å². The van der Waals surface area contributed by atoms with Gasteiger partial charge < -0.3 is 10.4 Å². The Labute approximate surface area is 133 Å². The van der Waals surface area contributed by atoms with E-state index in [1.165, 1.54) is 10.4 Å². The summed E-state index contributed by atoms with van der Waals surface area (Å²) in [5.74, 6) is 1.55. The zero-order valence-electron chi connectivity index (χ0n) is 12.7. The van der Waals surface area contributed by atoms with E-state index < -0.39 is 0 Å². The van der Waals surface area contributed by atoms with Crippen LogP contribution in [-0.4, -0.2) is 27.7 Å². The van der Waals surface area contributed by atoms with Gasteiger partial charge in [0.25, 0.3) is 0 Å². The maximum Gasteiger partial charge on any atom is 0.138 e. The van der Waals surface area contributed by atoms with Gasteiger partial charge in [0.1, 0.15) is 16.5 Å². The third-order valence-electron chi connectivity index (χ3n) is 3.62. The summed E-state index contributed by atoms with van der Waals surface area (Å²) in [4.78, 5) is 11.2. The van der Waals surface area contributed by atoms with E-state index in [1.54, 1.807) is 11.3 Å². The molecule has 22 heavy (non-hydrogen) atoms. The number of hydrogen-bond donors (Lipinski definition) is 2. The van der Waals surface area contributed by atoms with E-state index in [1.807, 2.05) is 32.0 Å². The predicted molar refractivity (Wildman–Crippen MR) is 92.4 cm³/mol. The molecular formula is C17H19N3OS. The van der Waals surface area contributed by atoms with Gasteiger partial charge in [0.2, 0.25) is 0 Å². The molecule has 114 valence electrons. The number of aromatic nitrogens is 2. The fraction of sp³-hybridized carbons (Fsp3) is 0.294. The number of aliphatic hydroxyl groups is 1. The molecule has 2 N–H and O–H groups in total. The molecule has 3 aromatic rings. The second kappa shape index (κ2) is 6.42. The van der Waals surface area contributed by atoms with Gasteiger partial charge in [0, 0.05) is 4.88 Å². The highest BCUT2D eigenvalue weighted by atomic mass is 32.1. The van der Waals surface area contributed by atoms with Crippen molar-refractivity contribution in [1.29, 1.82) is 0 Å². The molecule has 0 aliphatic heterocycles. The zero-order chi connectivity index (χ0) is 15.5. The highest BCUT2D eigenvalue weighted by molar-refractivity contribution is 7.21. The number of aryl methyl sites for hydroxylation is 1. The number of aliphatic hydroxyl groups excluding tert-OH is 1. The highest BCUT2D eigenvalue weighted by Crippen LogP contribution is 2.35. The third kappa shape index (κ3) is 2.96. The van der Waals surface area contributed by atoms with Crippen LogP contribution in [0.2, 0.25) is 0 Å². The molecule has 0 aliphatic rings. The van der Waals surface area contributed by atoms with Gasteiger partial charge in [-0.3, -0.25) is 0 Å². The first-order valence-electron chi connectivity index (χ1n) is 7.42. The average molecular weight is 313 g/mol. The zero-order valence-corrected chi connectivity index (χ0v) is 13.5. The smallest absolute Gasteiger partial charge is 0.138 e. The Hall–Kier alpha value is -1.98. The Bertz CT molecular complexity index is 766. The minimum Gasteiger partial charge on any atom is -0.394 e. The van der Waals surface area contributed by atoms with E-state index in [9.17, 15) is 5.11 Å². The Kier molecular flexibility index (Phi) is 4.36. The molecule has 0 bridgehead atoms. The van der Waals surface area contributed by atoms with Gasteiger partial charge in [-0.25, -0.2) is 9.97 Å². The standard InChI is InChI=1S/C17H19N3OS/c1-3-13(10-21)20-16-14-9-15(12-7-5-4-6-8-12)22-17(14)19-11(2)18-16/h4-9,13,21H,3,10H2,1-2H3,(H,18,19,20)/t13-/m1/s1. The van der Waals surface area contributed by atoms with E-state index in [4.69, 9.17) is 0 Å². The van der Waals surface area contributed by atoms with Crippen LogP contribution < -0.4 is 5.32 Å². The Balaban J connectivity index is 2.07. The van der Waals surface area contributed by atoms with Crippen molar-refractivity contribution in [2.24, 2.45) is 0 Å². The maximum atomic E-state index is 9.41. The molecule has 0 aliphatic carbocycles. The van der Waals surface area contributed by atoms with Gasteiger partial charge in [-0.05, 0) is 25.0 Å². The number of anilines is 1. The molecule has 4 nitrogen and oxygen atoms in total. The van der Waals surface area contributed by atoms with E-state index in [2.05, 4.69) is 33.5 Å². The Morgan fingerprint density at radius 3 is 2.68 bits per heavy atom. The molecule has 0 spiro atoms. The molecule has 0 amide bonds. The fourth-order valence-electron chi connectivity index (χ4n) is 2.35. The summed E-state index contributed by atoms with van der Waals surface area (Å²) in [5, 5.41) is 13.8. The van der Waals surface area contributed by atoms with E-state index in [0.717, 1.165) is 28.3 Å². The SMILES string of the molecule is CC[C@H](CO)Nc1nc(C)nc2sc(-c3ccccc3)cc12. The molecule has 0 unspecified atom stereocenters. The molecule has 2 aromatic heterocycles. The van der Waals surface area contributed by atoms with Crippen molar-refractivity contribution in [3.8, 4) is 10.4 Å². The summed E-state index contributed by atoms with van der Waals surface area (Å²) in [6.07, 6.45) is 0.844. The van der Waals surface area contributed by atoms with Crippen LogP contribution in [0, 0.1) is 6.92 Å². The number of nitrogens with zero attached hydrogens (tertiary/aromatic N) is 2. The number of fused-ring (bicyclic) bond motifs is 1. The summed E-state index contributed by atoms with van der Waals surface area (Å²) in [7, 11) is 0. The number of thiophene rings is 1.